The normalized spacial score (nSPS) is 24.5. The first-order chi connectivity index (χ1) is 25.6. The van der Waals surface area contributed by atoms with Crippen LogP contribution in [0.2, 0.25) is 0 Å². The molecule has 1 saturated carbocycles. The molecule has 0 bridgehead atoms. The number of aliphatic hydroxyl groups excluding tert-OH is 1. The number of carbonyl (C=O) groups excluding carboxylic acids is 3. The van der Waals surface area contributed by atoms with Crippen molar-refractivity contribution in [3.63, 3.8) is 0 Å². The Balaban J connectivity index is 1.15. The van der Waals surface area contributed by atoms with Gasteiger partial charge in [-0.2, -0.15) is 0 Å². The summed E-state index contributed by atoms with van der Waals surface area (Å²) in [7, 11) is 0. The summed E-state index contributed by atoms with van der Waals surface area (Å²) in [4.78, 5) is 43.0. The number of aliphatic hydroxyl groups is 1. The lowest BCUT2D eigenvalue weighted by atomic mass is 9.86. The molecule has 2 aliphatic heterocycles. The number of carbonyl (C=O) groups is 3. The van der Waals surface area contributed by atoms with Gasteiger partial charge in [-0.25, -0.2) is 0 Å². The average molecular weight is 725 g/mol. The summed E-state index contributed by atoms with van der Waals surface area (Å²) in [5.74, 6) is -0.301. The number of fused-ring (bicyclic) bond motifs is 2. The van der Waals surface area contributed by atoms with Gasteiger partial charge in [-0.15, -0.1) is 0 Å². The molecule has 5 N–H and O–H groups in total. The molecule has 11 heteroatoms. The fraction of sp³-hybridized carbons (Fsp3) is 0.500. The summed E-state index contributed by atoms with van der Waals surface area (Å²) in [6.07, 6.45) is 5.18. The number of hydrogen-bond donors (Lipinski definition) is 4. The van der Waals surface area contributed by atoms with Crippen molar-refractivity contribution in [3.8, 4) is 0 Å². The third kappa shape index (κ3) is 8.53. The van der Waals surface area contributed by atoms with Crippen LogP contribution in [0, 0.1) is 0 Å². The highest BCUT2D eigenvalue weighted by Crippen LogP contribution is 2.41. The summed E-state index contributed by atoms with van der Waals surface area (Å²) in [6, 6.07) is 25.2. The number of benzene rings is 3. The maximum absolute atomic E-state index is 12.8. The van der Waals surface area contributed by atoms with Crippen LogP contribution in [0.25, 0.3) is 0 Å². The van der Waals surface area contributed by atoms with Crippen LogP contribution in [0.5, 0.6) is 0 Å². The number of rotatable bonds is 13. The molecule has 0 aromatic heterocycles. The molecule has 284 valence electrons. The zero-order chi connectivity index (χ0) is 37.6. The van der Waals surface area contributed by atoms with Gasteiger partial charge < -0.3 is 40.9 Å². The topological polar surface area (TPSA) is 140 Å². The molecule has 3 amide bonds. The van der Waals surface area contributed by atoms with Gasteiger partial charge in [-0.1, -0.05) is 50.2 Å². The Bertz CT molecular complexity index is 1730. The summed E-state index contributed by atoms with van der Waals surface area (Å²) >= 11 is 0. The van der Waals surface area contributed by atoms with Gasteiger partial charge in [0.2, 0.25) is 17.7 Å². The molecule has 1 aliphatic carbocycles. The Morgan fingerprint density at radius 1 is 0.811 bits per heavy atom. The number of primary amides is 1. The standard InChI is InChI=1S/C42H56N6O5/c1-5-40(50)46-27(3)23-35(33-11-7-9-13-37(33)46)44-29-15-19-31(20-16-29)48(42(52)26-53-25-39(43)49)32-21-17-30(18-22-32)45-36-24-28(4)47(41(51)6-2)38-14-10-8-12-34(36)38/h7-16,19-20,27-28,30,32,35-36,42,44-45,52H,5-6,17-18,21-26H2,1-4H3,(H2,43,49)/t27-,28-,30?,32?,35+,36+,42?/m0/s1. The number of ether oxygens (including phenoxy) is 1. The molecule has 0 saturated heterocycles. The lowest BCUT2D eigenvalue weighted by molar-refractivity contribution is -0.123. The smallest absolute Gasteiger partial charge is 0.243 e. The molecule has 53 heavy (non-hydrogen) atoms. The van der Waals surface area contributed by atoms with E-state index in [2.05, 4.69) is 42.7 Å². The summed E-state index contributed by atoms with van der Waals surface area (Å²) in [5, 5.41) is 19.1. The quantitative estimate of drug-likeness (QED) is 0.153. The van der Waals surface area contributed by atoms with Crippen molar-refractivity contribution in [3.05, 3.63) is 83.9 Å². The molecule has 6 rings (SSSR count). The van der Waals surface area contributed by atoms with Crippen LogP contribution in [0.3, 0.4) is 0 Å². The molecule has 3 aliphatic rings. The van der Waals surface area contributed by atoms with Crippen LogP contribution in [0.15, 0.2) is 72.8 Å². The number of hydrogen-bond acceptors (Lipinski definition) is 8. The van der Waals surface area contributed by atoms with Gasteiger partial charge in [0, 0.05) is 65.8 Å². The second kappa shape index (κ2) is 17.1. The second-order valence-corrected chi connectivity index (χ2v) is 14.9. The number of amides is 3. The first-order valence-corrected chi connectivity index (χ1v) is 19.4. The van der Waals surface area contributed by atoms with Gasteiger partial charge in [-0.3, -0.25) is 14.4 Å². The maximum Gasteiger partial charge on any atom is 0.243 e. The fourth-order valence-electron chi connectivity index (χ4n) is 8.73. The van der Waals surface area contributed by atoms with Gasteiger partial charge in [0.25, 0.3) is 0 Å². The molecule has 3 aromatic rings. The lowest BCUT2D eigenvalue weighted by Crippen LogP contribution is -2.50. The van der Waals surface area contributed by atoms with Gasteiger partial charge >= 0.3 is 0 Å². The van der Waals surface area contributed by atoms with E-state index in [1.165, 1.54) is 5.56 Å². The molecule has 2 heterocycles. The molecule has 0 radical (unpaired) electrons. The van der Waals surface area contributed by atoms with Crippen LogP contribution in [-0.4, -0.2) is 66.4 Å². The minimum atomic E-state index is -0.969. The Morgan fingerprint density at radius 3 is 1.89 bits per heavy atom. The molecule has 11 nitrogen and oxygen atoms in total. The minimum absolute atomic E-state index is 0.0361. The van der Waals surface area contributed by atoms with E-state index in [0.717, 1.165) is 66.8 Å². The van der Waals surface area contributed by atoms with Gasteiger partial charge in [0.05, 0.1) is 12.6 Å². The number of anilines is 4. The third-order valence-electron chi connectivity index (χ3n) is 11.2. The van der Waals surface area contributed by atoms with E-state index < -0.39 is 12.1 Å². The van der Waals surface area contributed by atoms with Crippen molar-refractivity contribution in [2.45, 2.75) is 122 Å². The van der Waals surface area contributed by atoms with E-state index in [4.69, 9.17) is 10.5 Å². The summed E-state index contributed by atoms with van der Waals surface area (Å²) in [6.45, 7) is 7.75. The van der Waals surface area contributed by atoms with Crippen molar-refractivity contribution in [1.82, 2.24) is 5.32 Å². The van der Waals surface area contributed by atoms with Crippen molar-refractivity contribution < 1.29 is 24.2 Å². The van der Waals surface area contributed by atoms with Crippen LogP contribution in [0.1, 0.15) is 102 Å². The maximum atomic E-state index is 12.8. The van der Waals surface area contributed by atoms with Crippen molar-refractivity contribution in [2.24, 2.45) is 5.73 Å². The predicted molar refractivity (Wildman–Crippen MR) is 210 cm³/mol. The van der Waals surface area contributed by atoms with E-state index in [1.54, 1.807) is 0 Å². The summed E-state index contributed by atoms with van der Waals surface area (Å²) in [5.41, 5.74) is 11.4. The molecule has 1 fully saturated rings. The molecule has 0 spiro atoms. The molecular formula is C42H56N6O5. The number of para-hydroxylation sites is 2. The van der Waals surface area contributed by atoms with Gasteiger partial charge in [0.15, 0.2) is 6.23 Å². The van der Waals surface area contributed by atoms with E-state index in [0.29, 0.717) is 18.9 Å². The first kappa shape index (κ1) is 38.3. The van der Waals surface area contributed by atoms with E-state index >= 15 is 0 Å². The Hall–Kier alpha value is -4.45. The zero-order valence-electron chi connectivity index (χ0n) is 31.5. The van der Waals surface area contributed by atoms with E-state index in [1.807, 2.05) is 83.1 Å². The highest BCUT2D eigenvalue weighted by molar-refractivity contribution is 5.96. The van der Waals surface area contributed by atoms with Crippen molar-refractivity contribution in [2.75, 3.05) is 33.2 Å². The monoisotopic (exact) mass is 724 g/mol. The van der Waals surface area contributed by atoms with E-state index in [9.17, 15) is 19.5 Å². The molecule has 5 atom stereocenters. The lowest BCUT2D eigenvalue weighted by Gasteiger charge is -2.44. The fourth-order valence-corrected chi connectivity index (χ4v) is 8.73. The molecule has 3 aromatic carbocycles. The highest BCUT2D eigenvalue weighted by atomic mass is 16.5. The van der Waals surface area contributed by atoms with Crippen LogP contribution >= 0.6 is 0 Å². The predicted octanol–water partition coefficient (Wildman–Crippen LogP) is 6.18. The van der Waals surface area contributed by atoms with Crippen LogP contribution < -0.4 is 31.1 Å². The van der Waals surface area contributed by atoms with Crippen LogP contribution in [-0.2, 0) is 19.1 Å². The number of nitrogens with two attached hydrogens (primary N) is 1. The summed E-state index contributed by atoms with van der Waals surface area (Å²) < 4.78 is 5.50. The highest BCUT2D eigenvalue weighted by Gasteiger charge is 2.37. The first-order valence-electron chi connectivity index (χ1n) is 19.4. The van der Waals surface area contributed by atoms with E-state index in [-0.39, 0.29) is 55.2 Å². The number of nitrogens with one attached hydrogen (secondary N) is 2. The van der Waals surface area contributed by atoms with Gasteiger partial charge in [0.1, 0.15) is 6.61 Å². The minimum Gasteiger partial charge on any atom is -0.378 e. The average Bonchev–Trinajstić information content (AvgIpc) is 3.15. The zero-order valence-corrected chi connectivity index (χ0v) is 31.5. The molecular weight excluding hydrogens is 668 g/mol. The number of nitrogens with zero attached hydrogens (tertiary/aromatic N) is 3. The van der Waals surface area contributed by atoms with Crippen molar-refractivity contribution in [1.29, 1.82) is 0 Å². The van der Waals surface area contributed by atoms with Crippen LogP contribution in [0.4, 0.5) is 22.7 Å². The Morgan fingerprint density at radius 2 is 1.34 bits per heavy atom. The Labute approximate surface area is 313 Å². The third-order valence-corrected chi connectivity index (χ3v) is 11.2. The SMILES string of the molecule is CCC(=O)N1c2ccccc2[C@H](Nc2ccc(N(C(O)COCC(N)=O)C3CCC(N[C@@H]4C[C@H](C)N(C(=O)CC)c5ccccc54)CC3)cc2)C[C@@H]1C. The molecule has 1 unspecified atom stereocenters. The largest absolute Gasteiger partial charge is 0.378 e. The Kier molecular flexibility index (Phi) is 12.4. The van der Waals surface area contributed by atoms with Crippen molar-refractivity contribution >= 4 is 40.5 Å². The second-order valence-electron chi connectivity index (χ2n) is 14.9. The van der Waals surface area contributed by atoms with Gasteiger partial charge in [-0.05, 0) is 99.9 Å².